The van der Waals surface area contributed by atoms with Gasteiger partial charge >= 0.3 is 0 Å². The molecular weight excluding hydrogens is 372 g/mol. The molecule has 0 fully saturated rings. The molecule has 0 bridgehead atoms. The summed E-state index contributed by atoms with van der Waals surface area (Å²) in [7, 11) is 0. The van der Waals surface area contributed by atoms with Crippen LogP contribution in [0.2, 0.25) is 4.34 Å². The van der Waals surface area contributed by atoms with Gasteiger partial charge in [0.1, 0.15) is 0 Å². The van der Waals surface area contributed by atoms with Crippen molar-refractivity contribution in [3.05, 3.63) is 68.9 Å². The first-order valence-electron chi connectivity index (χ1n) is 6.19. The van der Waals surface area contributed by atoms with E-state index in [1.165, 1.54) is 25.8 Å². The summed E-state index contributed by atoms with van der Waals surface area (Å²) in [5, 5.41) is 0. The summed E-state index contributed by atoms with van der Waals surface area (Å²) in [5.41, 5.74) is 2.57. The third-order valence-electron chi connectivity index (χ3n) is 3.06. The maximum absolute atomic E-state index is 6.00. The Balaban J connectivity index is 1.88. The molecule has 1 aromatic carbocycles. The van der Waals surface area contributed by atoms with Crippen LogP contribution in [0.4, 0.5) is 0 Å². The Morgan fingerprint density at radius 3 is 2.20 bits per heavy atom. The van der Waals surface area contributed by atoms with Gasteiger partial charge in [0.05, 0.1) is 9.16 Å². The van der Waals surface area contributed by atoms with Crippen molar-refractivity contribution in [2.45, 2.75) is 11.8 Å². The van der Waals surface area contributed by atoms with Gasteiger partial charge in [-0.1, -0.05) is 57.4 Å². The first kappa shape index (κ1) is 14.3. The molecular formula is C16H12BrClS2. The highest BCUT2D eigenvalue weighted by Gasteiger charge is 2.14. The standard InChI is InChI=1S/C16H12BrClS2/c1-10-2-4-11(5-3-10)16(17)14-7-6-12(19-14)13-8-9-15(18)20-13/h2-9,16H,1H3. The third kappa shape index (κ3) is 3.01. The van der Waals surface area contributed by atoms with Crippen LogP contribution in [-0.4, -0.2) is 0 Å². The van der Waals surface area contributed by atoms with Gasteiger partial charge in [0, 0.05) is 14.6 Å². The second-order valence-electron chi connectivity index (χ2n) is 4.58. The van der Waals surface area contributed by atoms with Crippen LogP contribution in [0.15, 0.2) is 48.5 Å². The predicted octanol–water partition coefficient (Wildman–Crippen LogP) is 6.92. The van der Waals surface area contributed by atoms with E-state index < -0.39 is 0 Å². The third-order valence-corrected chi connectivity index (χ3v) is 6.96. The minimum absolute atomic E-state index is 0.247. The first-order chi connectivity index (χ1) is 9.63. The Hall–Kier alpha value is -0.610. The number of hydrogen-bond donors (Lipinski definition) is 0. The molecule has 0 aliphatic carbocycles. The van der Waals surface area contributed by atoms with Crippen molar-refractivity contribution in [1.29, 1.82) is 0 Å². The van der Waals surface area contributed by atoms with Crippen LogP contribution < -0.4 is 0 Å². The molecule has 0 aliphatic heterocycles. The first-order valence-corrected chi connectivity index (χ1v) is 9.12. The minimum atomic E-state index is 0.247. The van der Waals surface area contributed by atoms with E-state index in [9.17, 15) is 0 Å². The smallest absolute Gasteiger partial charge is 0.0935 e. The highest BCUT2D eigenvalue weighted by molar-refractivity contribution is 9.09. The molecule has 0 N–H and O–H groups in total. The highest BCUT2D eigenvalue weighted by atomic mass is 79.9. The second kappa shape index (κ2) is 6.02. The van der Waals surface area contributed by atoms with E-state index in [0.717, 1.165) is 4.34 Å². The van der Waals surface area contributed by atoms with Crippen molar-refractivity contribution < 1.29 is 0 Å². The van der Waals surface area contributed by atoms with Gasteiger partial charge in [0.15, 0.2) is 0 Å². The Kier molecular flexibility index (Phi) is 4.32. The molecule has 1 atom stereocenters. The molecule has 2 aromatic heterocycles. The summed E-state index contributed by atoms with van der Waals surface area (Å²) < 4.78 is 0.837. The fraction of sp³-hybridized carbons (Fsp3) is 0.125. The molecule has 0 radical (unpaired) electrons. The van der Waals surface area contributed by atoms with E-state index in [1.807, 2.05) is 17.4 Å². The molecule has 102 valence electrons. The lowest BCUT2D eigenvalue weighted by molar-refractivity contribution is 1.22. The quantitative estimate of drug-likeness (QED) is 0.430. The summed E-state index contributed by atoms with van der Waals surface area (Å²) in [6.45, 7) is 2.11. The molecule has 20 heavy (non-hydrogen) atoms. The number of benzene rings is 1. The van der Waals surface area contributed by atoms with E-state index in [4.69, 9.17) is 11.6 Å². The Labute approximate surface area is 140 Å². The van der Waals surface area contributed by atoms with Crippen molar-refractivity contribution in [3.8, 4) is 9.75 Å². The second-order valence-corrected chi connectivity index (χ2v) is 8.33. The lowest BCUT2D eigenvalue weighted by Crippen LogP contribution is -1.88. The van der Waals surface area contributed by atoms with Crippen molar-refractivity contribution in [2.24, 2.45) is 0 Å². The van der Waals surface area contributed by atoms with Gasteiger partial charge in [-0.25, -0.2) is 0 Å². The molecule has 2 heterocycles. The van der Waals surface area contributed by atoms with Gasteiger partial charge in [0.25, 0.3) is 0 Å². The average Bonchev–Trinajstić information content (AvgIpc) is 3.07. The number of alkyl halides is 1. The van der Waals surface area contributed by atoms with Gasteiger partial charge in [-0.2, -0.15) is 0 Å². The zero-order valence-corrected chi connectivity index (χ0v) is 14.7. The van der Waals surface area contributed by atoms with Crippen LogP contribution in [0.25, 0.3) is 9.75 Å². The SMILES string of the molecule is Cc1ccc(C(Br)c2ccc(-c3ccc(Cl)s3)s2)cc1. The highest BCUT2D eigenvalue weighted by Crippen LogP contribution is 2.41. The van der Waals surface area contributed by atoms with Crippen molar-refractivity contribution in [2.75, 3.05) is 0 Å². The van der Waals surface area contributed by atoms with E-state index in [1.54, 1.807) is 11.3 Å². The lowest BCUT2D eigenvalue weighted by Gasteiger charge is -2.08. The molecule has 0 aliphatic rings. The van der Waals surface area contributed by atoms with Crippen molar-refractivity contribution >= 4 is 50.2 Å². The minimum Gasteiger partial charge on any atom is -0.138 e. The Morgan fingerprint density at radius 2 is 1.55 bits per heavy atom. The Morgan fingerprint density at radius 1 is 0.900 bits per heavy atom. The summed E-state index contributed by atoms with van der Waals surface area (Å²) in [6.07, 6.45) is 0. The van der Waals surface area contributed by atoms with Crippen LogP contribution in [0.5, 0.6) is 0 Å². The van der Waals surface area contributed by atoms with Crippen LogP contribution in [-0.2, 0) is 0 Å². The van der Waals surface area contributed by atoms with Gasteiger partial charge in [-0.05, 0) is 36.8 Å². The van der Waals surface area contributed by atoms with Gasteiger partial charge in [-0.15, -0.1) is 22.7 Å². The lowest BCUT2D eigenvalue weighted by atomic mass is 10.1. The monoisotopic (exact) mass is 382 g/mol. The molecule has 4 heteroatoms. The van der Waals surface area contributed by atoms with Crippen LogP contribution in [0.1, 0.15) is 20.8 Å². The molecule has 3 rings (SSSR count). The van der Waals surface area contributed by atoms with E-state index >= 15 is 0 Å². The van der Waals surface area contributed by atoms with E-state index in [-0.39, 0.29) is 4.83 Å². The topological polar surface area (TPSA) is 0 Å². The average molecular weight is 384 g/mol. The number of aryl methyl sites for hydroxylation is 1. The molecule has 0 nitrogen and oxygen atoms in total. The van der Waals surface area contributed by atoms with E-state index in [0.29, 0.717) is 0 Å². The summed E-state index contributed by atoms with van der Waals surface area (Å²) >= 11 is 13.2. The molecule has 0 saturated carbocycles. The molecule has 0 amide bonds. The zero-order valence-electron chi connectivity index (χ0n) is 10.8. The maximum atomic E-state index is 6.00. The van der Waals surface area contributed by atoms with E-state index in [2.05, 4.69) is 65.3 Å². The van der Waals surface area contributed by atoms with Gasteiger partial charge in [-0.3, -0.25) is 0 Å². The van der Waals surface area contributed by atoms with Crippen molar-refractivity contribution in [3.63, 3.8) is 0 Å². The number of hydrogen-bond acceptors (Lipinski definition) is 2. The number of halogens is 2. The van der Waals surface area contributed by atoms with Gasteiger partial charge in [0.2, 0.25) is 0 Å². The molecule has 1 unspecified atom stereocenters. The predicted molar refractivity (Wildman–Crippen MR) is 94.6 cm³/mol. The Bertz CT molecular complexity index is 712. The van der Waals surface area contributed by atoms with Gasteiger partial charge < -0.3 is 0 Å². The number of rotatable bonds is 3. The maximum Gasteiger partial charge on any atom is 0.0935 e. The largest absolute Gasteiger partial charge is 0.138 e. The zero-order chi connectivity index (χ0) is 14.1. The fourth-order valence-corrected chi connectivity index (χ4v) is 4.85. The molecule has 0 saturated heterocycles. The van der Waals surface area contributed by atoms with Crippen molar-refractivity contribution in [1.82, 2.24) is 0 Å². The fourth-order valence-electron chi connectivity index (χ4n) is 1.97. The summed E-state index contributed by atoms with van der Waals surface area (Å²) in [6, 6.07) is 17.0. The normalized spacial score (nSPS) is 12.6. The van der Waals surface area contributed by atoms with Crippen LogP contribution >= 0.6 is 50.2 Å². The number of thiophene rings is 2. The van der Waals surface area contributed by atoms with Crippen LogP contribution in [0.3, 0.4) is 0 Å². The van der Waals surface area contributed by atoms with Crippen LogP contribution in [0, 0.1) is 6.92 Å². The summed E-state index contributed by atoms with van der Waals surface area (Å²) in [5.74, 6) is 0. The summed E-state index contributed by atoms with van der Waals surface area (Å²) in [4.78, 5) is 4.06. The molecule has 0 spiro atoms. The molecule has 3 aromatic rings.